The van der Waals surface area contributed by atoms with Crippen molar-refractivity contribution in [3.8, 4) is 5.75 Å². The molecule has 2 aromatic rings. The van der Waals surface area contributed by atoms with Gasteiger partial charge in [-0.3, -0.25) is 0 Å². The first-order valence-electron chi connectivity index (χ1n) is 6.47. The van der Waals surface area contributed by atoms with Crippen molar-refractivity contribution in [3.05, 3.63) is 41.5 Å². The first kappa shape index (κ1) is 14.5. The smallest absolute Gasteiger partial charge is 0.243 e. The first-order chi connectivity index (χ1) is 9.58. The van der Waals surface area contributed by atoms with Gasteiger partial charge in [0.15, 0.2) is 5.82 Å². The first-order valence-corrected chi connectivity index (χ1v) is 6.47. The molecule has 1 unspecified atom stereocenters. The van der Waals surface area contributed by atoms with E-state index in [1.54, 1.807) is 19.2 Å². The van der Waals surface area contributed by atoms with Crippen LogP contribution in [0.4, 0.5) is 0 Å². The number of hydrogen-bond donors (Lipinski definition) is 2. The van der Waals surface area contributed by atoms with Gasteiger partial charge in [-0.05, 0) is 31.0 Å². The molecule has 0 bridgehead atoms. The van der Waals surface area contributed by atoms with E-state index in [4.69, 9.17) is 15.0 Å². The molecule has 6 nitrogen and oxygen atoms in total. The number of phenols is 1. The van der Waals surface area contributed by atoms with E-state index in [-0.39, 0.29) is 17.9 Å². The number of hydrogen-bond acceptors (Lipinski definition) is 6. The number of ether oxygens (including phenoxy) is 1. The van der Waals surface area contributed by atoms with Crippen molar-refractivity contribution in [1.29, 1.82) is 0 Å². The fourth-order valence-corrected chi connectivity index (χ4v) is 1.81. The Morgan fingerprint density at radius 3 is 2.65 bits per heavy atom. The van der Waals surface area contributed by atoms with Crippen molar-refractivity contribution < 1.29 is 14.4 Å². The van der Waals surface area contributed by atoms with Crippen LogP contribution in [0, 0.1) is 0 Å². The zero-order valence-corrected chi connectivity index (χ0v) is 11.6. The van der Waals surface area contributed by atoms with Gasteiger partial charge in [-0.1, -0.05) is 17.3 Å². The summed E-state index contributed by atoms with van der Waals surface area (Å²) in [5, 5.41) is 13.1. The Labute approximate surface area is 117 Å². The number of rotatable bonds is 6. The molecule has 20 heavy (non-hydrogen) atoms. The Bertz CT molecular complexity index is 539. The van der Waals surface area contributed by atoms with Crippen LogP contribution in [0.5, 0.6) is 5.75 Å². The van der Waals surface area contributed by atoms with Crippen LogP contribution in [0.3, 0.4) is 0 Å². The number of aromatic nitrogens is 2. The molecule has 1 heterocycles. The second-order valence-electron chi connectivity index (χ2n) is 4.78. The number of methoxy groups -OCH3 is 1. The minimum absolute atomic E-state index is 0.0359. The van der Waals surface area contributed by atoms with Crippen LogP contribution in [-0.4, -0.2) is 28.5 Å². The molecule has 6 heteroatoms. The van der Waals surface area contributed by atoms with Crippen molar-refractivity contribution in [2.24, 2.45) is 5.73 Å². The van der Waals surface area contributed by atoms with E-state index in [0.717, 1.165) is 5.56 Å². The van der Waals surface area contributed by atoms with Gasteiger partial charge in [0.25, 0.3) is 0 Å². The lowest BCUT2D eigenvalue weighted by atomic mass is 10.1. The highest BCUT2D eigenvalue weighted by atomic mass is 16.5. The van der Waals surface area contributed by atoms with Gasteiger partial charge in [0, 0.05) is 13.5 Å². The number of benzene rings is 1. The minimum Gasteiger partial charge on any atom is -0.508 e. The SMILES string of the molecule is COC(C)Cc1noc([C@@H](N)Cc2ccc(O)cc2)n1. The maximum absolute atomic E-state index is 9.23. The van der Waals surface area contributed by atoms with Crippen LogP contribution in [0.15, 0.2) is 28.8 Å². The van der Waals surface area contributed by atoms with Crippen LogP contribution in [-0.2, 0) is 17.6 Å². The fraction of sp³-hybridized carbons (Fsp3) is 0.429. The van der Waals surface area contributed by atoms with E-state index in [2.05, 4.69) is 10.1 Å². The molecule has 1 aromatic heterocycles. The highest BCUT2D eigenvalue weighted by Crippen LogP contribution is 2.17. The van der Waals surface area contributed by atoms with Gasteiger partial charge in [-0.15, -0.1) is 0 Å². The standard InChI is InChI=1S/C14H19N3O3/c1-9(19-2)7-13-16-14(20-17-13)12(15)8-10-3-5-11(18)6-4-10/h3-6,9,12,18H,7-8,15H2,1-2H3/t9?,12-/m0/s1. The second kappa shape index (κ2) is 6.49. The average Bonchev–Trinajstić information content (AvgIpc) is 2.89. The molecule has 0 amide bonds. The summed E-state index contributed by atoms with van der Waals surface area (Å²) in [7, 11) is 1.64. The molecule has 0 aliphatic rings. The predicted molar refractivity (Wildman–Crippen MR) is 73.2 cm³/mol. The van der Waals surface area contributed by atoms with Gasteiger partial charge >= 0.3 is 0 Å². The van der Waals surface area contributed by atoms with Crippen LogP contribution >= 0.6 is 0 Å². The third-order valence-electron chi connectivity index (χ3n) is 3.07. The lowest BCUT2D eigenvalue weighted by molar-refractivity contribution is 0.116. The monoisotopic (exact) mass is 277 g/mol. The summed E-state index contributed by atoms with van der Waals surface area (Å²) in [5.74, 6) is 1.24. The molecule has 1 aromatic carbocycles. The average molecular weight is 277 g/mol. The molecule has 108 valence electrons. The minimum atomic E-state index is -0.362. The molecule has 0 aliphatic carbocycles. The van der Waals surface area contributed by atoms with Crippen molar-refractivity contribution in [2.75, 3.05) is 7.11 Å². The maximum atomic E-state index is 9.23. The van der Waals surface area contributed by atoms with E-state index in [0.29, 0.717) is 24.6 Å². The number of aromatic hydroxyl groups is 1. The summed E-state index contributed by atoms with van der Waals surface area (Å²) in [6, 6.07) is 6.53. The summed E-state index contributed by atoms with van der Waals surface area (Å²) in [5.41, 5.74) is 7.05. The summed E-state index contributed by atoms with van der Waals surface area (Å²) in [4.78, 5) is 4.28. The molecular formula is C14H19N3O3. The third-order valence-corrected chi connectivity index (χ3v) is 3.07. The topological polar surface area (TPSA) is 94.4 Å². The van der Waals surface area contributed by atoms with Gasteiger partial charge in [0.05, 0.1) is 12.1 Å². The summed E-state index contributed by atoms with van der Waals surface area (Å²) < 4.78 is 10.3. The van der Waals surface area contributed by atoms with Crippen LogP contribution in [0.2, 0.25) is 0 Å². The number of nitrogens with zero attached hydrogens (tertiary/aromatic N) is 2. The number of phenolic OH excluding ortho intramolecular Hbond substituents is 1. The zero-order valence-electron chi connectivity index (χ0n) is 11.6. The molecule has 3 N–H and O–H groups in total. The van der Waals surface area contributed by atoms with Gasteiger partial charge < -0.3 is 20.1 Å². The molecule has 0 spiro atoms. The number of nitrogens with two attached hydrogens (primary N) is 1. The van der Waals surface area contributed by atoms with E-state index < -0.39 is 0 Å². The van der Waals surface area contributed by atoms with E-state index in [1.807, 2.05) is 19.1 Å². The fourth-order valence-electron chi connectivity index (χ4n) is 1.81. The predicted octanol–water partition coefficient (Wildman–Crippen LogP) is 1.60. The molecule has 2 rings (SSSR count). The van der Waals surface area contributed by atoms with Crippen molar-refractivity contribution >= 4 is 0 Å². The molecule has 0 radical (unpaired) electrons. The Kier molecular flexibility index (Phi) is 4.70. The summed E-state index contributed by atoms with van der Waals surface area (Å²) in [6.45, 7) is 1.94. The molecule has 0 aliphatic heterocycles. The Hall–Kier alpha value is -1.92. The van der Waals surface area contributed by atoms with E-state index in [9.17, 15) is 5.11 Å². The van der Waals surface area contributed by atoms with Crippen molar-refractivity contribution in [3.63, 3.8) is 0 Å². The molecule has 0 saturated carbocycles. The lowest BCUT2D eigenvalue weighted by Crippen LogP contribution is -2.14. The molecule has 2 atom stereocenters. The van der Waals surface area contributed by atoms with Crippen LogP contribution in [0.25, 0.3) is 0 Å². The van der Waals surface area contributed by atoms with Gasteiger partial charge in [0.1, 0.15) is 5.75 Å². The van der Waals surface area contributed by atoms with Crippen LogP contribution < -0.4 is 5.73 Å². The van der Waals surface area contributed by atoms with E-state index >= 15 is 0 Å². The van der Waals surface area contributed by atoms with Gasteiger partial charge in [-0.2, -0.15) is 4.98 Å². The molecule has 0 saturated heterocycles. The second-order valence-corrected chi connectivity index (χ2v) is 4.78. The lowest BCUT2D eigenvalue weighted by Gasteiger charge is -2.07. The van der Waals surface area contributed by atoms with Crippen molar-refractivity contribution in [2.45, 2.75) is 31.9 Å². The zero-order chi connectivity index (χ0) is 14.5. The molecule has 0 fully saturated rings. The maximum Gasteiger partial charge on any atom is 0.243 e. The summed E-state index contributed by atoms with van der Waals surface area (Å²) >= 11 is 0. The van der Waals surface area contributed by atoms with Gasteiger partial charge in [-0.25, -0.2) is 0 Å². The highest BCUT2D eigenvalue weighted by molar-refractivity contribution is 5.26. The largest absolute Gasteiger partial charge is 0.508 e. The van der Waals surface area contributed by atoms with Gasteiger partial charge in [0.2, 0.25) is 5.89 Å². The Morgan fingerprint density at radius 2 is 2.00 bits per heavy atom. The van der Waals surface area contributed by atoms with E-state index in [1.165, 1.54) is 0 Å². The summed E-state index contributed by atoms with van der Waals surface area (Å²) in [6.07, 6.45) is 1.20. The third kappa shape index (κ3) is 3.79. The quantitative estimate of drug-likeness (QED) is 0.832. The highest BCUT2D eigenvalue weighted by Gasteiger charge is 2.16. The Balaban J connectivity index is 1.98. The van der Waals surface area contributed by atoms with Crippen LogP contribution in [0.1, 0.15) is 30.2 Å². The Morgan fingerprint density at radius 1 is 1.30 bits per heavy atom. The van der Waals surface area contributed by atoms with Crippen molar-refractivity contribution in [1.82, 2.24) is 10.1 Å². The normalized spacial score (nSPS) is 14.2. The molecular weight excluding hydrogens is 258 g/mol.